The second kappa shape index (κ2) is 9.75. The van der Waals surface area contributed by atoms with Gasteiger partial charge >= 0.3 is 0 Å². The summed E-state index contributed by atoms with van der Waals surface area (Å²) in [6.45, 7) is 7.07. The minimum atomic E-state index is 0.428. The summed E-state index contributed by atoms with van der Waals surface area (Å²) in [4.78, 5) is 0. The predicted molar refractivity (Wildman–Crippen MR) is 118 cm³/mol. The lowest BCUT2D eigenvalue weighted by Crippen LogP contribution is -2.07. The van der Waals surface area contributed by atoms with E-state index in [4.69, 9.17) is 4.74 Å². The van der Waals surface area contributed by atoms with Crippen LogP contribution >= 0.6 is 0 Å². The molecule has 3 aromatic rings. The third kappa shape index (κ3) is 5.23. The number of benzene rings is 3. The van der Waals surface area contributed by atoms with Crippen LogP contribution in [0.1, 0.15) is 49.8 Å². The molecule has 0 spiro atoms. The van der Waals surface area contributed by atoms with Crippen molar-refractivity contribution in [2.75, 3.05) is 5.43 Å². The zero-order valence-corrected chi connectivity index (χ0v) is 16.9. The molecule has 1 N–H and O–H groups in total. The number of nitrogens with zero attached hydrogens (tertiary/aromatic N) is 1. The van der Waals surface area contributed by atoms with Crippen LogP contribution in [0.4, 0.5) is 5.69 Å². The molecule has 1 atom stereocenters. The summed E-state index contributed by atoms with van der Waals surface area (Å²) in [5.74, 6) is 1.32. The molecule has 0 saturated carbocycles. The Labute approximate surface area is 168 Å². The summed E-state index contributed by atoms with van der Waals surface area (Å²) in [6.07, 6.45) is 1.06. The average Bonchev–Trinajstić information content (AvgIpc) is 2.76. The van der Waals surface area contributed by atoms with Crippen molar-refractivity contribution in [3.05, 3.63) is 95.6 Å². The second-order valence-corrected chi connectivity index (χ2v) is 7.01. The predicted octanol–water partition coefficient (Wildman–Crippen LogP) is 6.62. The van der Waals surface area contributed by atoms with E-state index in [1.807, 2.05) is 61.5 Å². The Balaban J connectivity index is 1.80. The van der Waals surface area contributed by atoms with E-state index in [9.17, 15) is 0 Å². The number of anilines is 1. The molecule has 3 rings (SSSR count). The molecule has 0 saturated heterocycles. The Hall–Kier alpha value is -3.07. The van der Waals surface area contributed by atoms with Gasteiger partial charge < -0.3 is 4.74 Å². The maximum absolute atomic E-state index is 6.04. The molecule has 28 heavy (non-hydrogen) atoms. The second-order valence-electron chi connectivity index (χ2n) is 7.01. The van der Waals surface area contributed by atoms with Gasteiger partial charge in [0.05, 0.1) is 11.4 Å². The highest BCUT2D eigenvalue weighted by Gasteiger charge is 2.13. The molecule has 3 nitrogen and oxygen atoms in total. The third-order valence-corrected chi connectivity index (χ3v) is 4.93. The highest BCUT2D eigenvalue weighted by molar-refractivity contribution is 6.00. The van der Waals surface area contributed by atoms with Crippen LogP contribution in [0, 0.1) is 0 Å². The lowest BCUT2D eigenvalue weighted by atomic mass is 9.91. The van der Waals surface area contributed by atoms with E-state index in [0.717, 1.165) is 29.1 Å². The minimum absolute atomic E-state index is 0.428. The average molecular weight is 373 g/mol. The molecule has 0 aromatic heterocycles. The summed E-state index contributed by atoms with van der Waals surface area (Å²) in [7, 11) is 0. The van der Waals surface area contributed by atoms with Gasteiger partial charge in [-0.05, 0) is 60.7 Å². The van der Waals surface area contributed by atoms with Crippen molar-refractivity contribution in [1.82, 2.24) is 0 Å². The standard InChI is InChI=1S/C25H28N2O/c1-4-19(2)25-17-23(28-18-21-11-7-5-8-12-21)15-16-24(25)20(3)26-27-22-13-9-6-10-14-22/h5-17,19,27H,4,18H2,1-3H3. The van der Waals surface area contributed by atoms with Crippen LogP contribution in [0.25, 0.3) is 0 Å². The van der Waals surface area contributed by atoms with Gasteiger partial charge in [0.2, 0.25) is 0 Å². The zero-order chi connectivity index (χ0) is 19.8. The normalized spacial score (nSPS) is 12.5. The van der Waals surface area contributed by atoms with Crippen molar-refractivity contribution < 1.29 is 4.74 Å². The summed E-state index contributed by atoms with van der Waals surface area (Å²) in [5.41, 5.74) is 8.69. The number of ether oxygens (including phenoxy) is 1. The van der Waals surface area contributed by atoms with E-state index in [1.165, 1.54) is 11.1 Å². The van der Waals surface area contributed by atoms with Crippen LogP contribution in [0.5, 0.6) is 5.75 Å². The summed E-state index contributed by atoms with van der Waals surface area (Å²) >= 11 is 0. The molecular weight excluding hydrogens is 344 g/mol. The Bertz CT molecular complexity index is 904. The van der Waals surface area contributed by atoms with Crippen LogP contribution in [0.15, 0.2) is 84.0 Å². The summed E-state index contributed by atoms with van der Waals surface area (Å²) in [5, 5.41) is 4.59. The van der Waals surface area contributed by atoms with Crippen molar-refractivity contribution in [3.8, 4) is 5.75 Å². The molecule has 0 radical (unpaired) electrons. The van der Waals surface area contributed by atoms with Crippen molar-refractivity contribution in [3.63, 3.8) is 0 Å². The molecule has 3 heteroatoms. The van der Waals surface area contributed by atoms with Gasteiger partial charge in [-0.15, -0.1) is 0 Å². The fourth-order valence-electron chi connectivity index (χ4n) is 3.05. The van der Waals surface area contributed by atoms with Crippen molar-refractivity contribution in [2.45, 2.75) is 39.7 Å². The first-order chi connectivity index (χ1) is 13.7. The minimum Gasteiger partial charge on any atom is -0.489 e. The monoisotopic (exact) mass is 372 g/mol. The highest BCUT2D eigenvalue weighted by atomic mass is 16.5. The van der Waals surface area contributed by atoms with Gasteiger partial charge in [0.25, 0.3) is 0 Å². The van der Waals surface area contributed by atoms with Crippen LogP contribution in [0.3, 0.4) is 0 Å². The molecular formula is C25H28N2O. The van der Waals surface area contributed by atoms with Gasteiger partial charge in [-0.3, -0.25) is 5.43 Å². The van der Waals surface area contributed by atoms with Crippen LogP contribution in [-0.2, 0) is 6.61 Å². The van der Waals surface area contributed by atoms with E-state index < -0.39 is 0 Å². The maximum Gasteiger partial charge on any atom is 0.120 e. The lowest BCUT2D eigenvalue weighted by Gasteiger charge is -2.17. The molecule has 3 aromatic carbocycles. The zero-order valence-electron chi connectivity index (χ0n) is 16.9. The fraction of sp³-hybridized carbons (Fsp3) is 0.240. The molecule has 0 heterocycles. The number of hydrogen-bond acceptors (Lipinski definition) is 3. The molecule has 144 valence electrons. The van der Waals surface area contributed by atoms with Crippen LogP contribution < -0.4 is 10.2 Å². The largest absolute Gasteiger partial charge is 0.489 e. The van der Waals surface area contributed by atoms with Gasteiger partial charge in [-0.25, -0.2) is 0 Å². The topological polar surface area (TPSA) is 33.6 Å². The molecule has 0 fully saturated rings. The third-order valence-electron chi connectivity index (χ3n) is 4.93. The number of nitrogens with one attached hydrogen (secondary N) is 1. The van der Waals surface area contributed by atoms with Gasteiger partial charge in [0.15, 0.2) is 0 Å². The number of hydrazone groups is 1. The maximum atomic E-state index is 6.04. The van der Waals surface area contributed by atoms with Crippen LogP contribution in [-0.4, -0.2) is 5.71 Å². The number of hydrogen-bond donors (Lipinski definition) is 1. The van der Waals surface area contributed by atoms with Crippen molar-refractivity contribution >= 4 is 11.4 Å². The molecule has 0 aliphatic rings. The SMILES string of the molecule is CCC(C)c1cc(OCc2ccccc2)ccc1C(C)=NNc1ccccc1. The highest BCUT2D eigenvalue weighted by Crippen LogP contribution is 2.28. The van der Waals surface area contributed by atoms with E-state index >= 15 is 0 Å². The molecule has 0 amide bonds. The van der Waals surface area contributed by atoms with E-state index in [0.29, 0.717) is 12.5 Å². The lowest BCUT2D eigenvalue weighted by molar-refractivity contribution is 0.305. The van der Waals surface area contributed by atoms with E-state index in [-0.39, 0.29) is 0 Å². The molecule has 0 bridgehead atoms. The van der Waals surface area contributed by atoms with Gasteiger partial charge in [-0.2, -0.15) is 5.10 Å². The fourth-order valence-corrected chi connectivity index (χ4v) is 3.05. The Morgan fingerprint density at radius 2 is 1.64 bits per heavy atom. The summed E-state index contributed by atoms with van der Waals surface area (Å²) < 4.78 is 6.04. The smallest absolute Gasteiger partial charge is 0.120 e. The van der Waals surface area contributed by atoms with Crippen molar-refractivity contribution in [1.29, 1.82) is 0 Å². The molecule has 1 unspecified atom stereocenters. The van der Waals surface area contributed by atoms with E-state index in [1.54, 1.807) is 0 Å². The quantitative estimate of drug-likeness (QED) is 0.356. The van der Waals surface area contributed by atoms with Crippen LogP contribution in [0.2, 0.25) is 0 Å². The number of rotatable bonds is 8. The first kappa shape index (κ1) is 19.7. The Morgan fingerprint density at radius 3 is 2.32 bits per heavy atom. The van der Waals surface area contributed by atoms with E-state index in [2.05, 4.69) is 48.6 Å². The van der Waals surface area contributed by atoms with Gasteiger partial charge in [0, 0.05) is 5.56 Å². The van der Waals surface area contributed by atoms with Crippen molar-refractivity contribution in [2.24, 2.45) is 5.10 Å². The van der Waals surface area contributed by atoms with Gasteiger partial charge in [0.1, 0.15) is 12.4 Å². The molecule has 0 aliphatic carbocycles. The molecule has 0 aliphatic heterocycles. The van der Waals surface area contributed by atoms with Gasteiger partial charge in [-0.1, -0.05) is 62.4 Å². The summed E-state index contributed by atoms with van der Waals surface area (Å²) in [6, 6.07) is 26.6. The Morgan fingerprint density at radius 1 is 0.964 bits per heavy atom. The first-order valence-electron chi connectivity index (χ1n) is 9.83. The first-order valence-corrected chi connectivity index (χ1v) is 9.83. The Kier molecular flexibility index (Phi) is 6.85. The number of para-hydroxylation sites is 1.